The van der Waals surface area contributed by atoms with Gasteiger partial charge < -0.3 is 10.1 Å². The molecule has 6 heteroatoms. The fourth-order valence-corrected chi connectivity index (χ4v) is 2.18. The Labute approximate surface area is 128 Å². The minimum Gasteiger partial charge on any atom is -0.497 e. The van der Waals surface area contributed by atoms with E-state index >= 15 is 0 Å². The van der Waals surface area contributed by atoms with E-state index in [9.17, 15) is 9.18 Å². The topological polar surface area (TPSA) is 38.3 Å². The minimum absolute atomic E-state index is 0.0486. The van der Waals surface area contributed by atoms with Gasteiger partial charge in [-0.3, -0.25) is 4.79 Å². The lowest BCUT2D eigenvalue weighted by molar-refractivity contribution is 0.102. The van der Waals surface area contributed by atoms with Crippen LogP contribution in [0.15, 0.2) is 40.9 Å². The van der Waals surface area contributed by atoms with Crippen molar-refractivity contribution in [1.29, 1.82) is 0 Å². The summed E-state index contributed by atoms with van der Waals surface area (Å²) in [5.41, 5.74) is 0.820. The lowest BCUT2D eigenvalue weighted by atomic mass is 10.2. The van der Waals surface area contributed by atoms with Gasteiger partial charge >= 0.3 is 0 Å². The standard InChI is InChI=1S/C14H10BrClFNO2/c1-20-9-3-4-11(15)10(7-9)14(19)18-8-2-5-13(17)12(16)6-8/h2-7H,1H3,(H,18,19). The van der Waals surface area contributed by atoms with Gasteiger partial charge in [0.2, 0.25) is 0 Å². The Balaban J connectivity index is 2.25. The number of methoxy groups -OCH3 is 1. The van der Waals surface area contributed by atoms with Gasteiger partial charge in [-0.1, -0.05) is 11.6 Å². The third-order valence-electron chi connectivity index (χ3n) is 2.60. The molecule has 2 aromatic rings. The highest BCUT2D eigenvalue weighted by Crippen LogP contribution is 2.24. The zero-order valence-corrected chi connectivity index (χ0v) is 12.8. The van der Waals surface area contributed by atoms with Gasteiger partial charge in [-0.25, -0.2) is 4.39 Å². The SMILES string of the molecule is COc1ccc(Br)c(C(=O)Nc2ccc(F)c(Cl)c2)c1. The van der Waals surface area contributed by atoms with Crippen LogP contribution in [0, 0.1) is 5.82 Å². The third-order valence-corrected chi connectivity index (χ3v) is 3.58. The lowest BCUT2D eigenvalue weighted by Gasteiger charge is -2.09. The van der Waals surface area contributed by atoms with E-state index < -0.39 is 5.82 Å². The lowest BCUT2D eigenvalue weighted by Crippen LogP contribution is -2.12. The molecule has 0 aromatic heterocycles. The Morgan fingerprint density at radius 1 is 1.30 bits per heavy atom. The Hall–Kier alpha value is -1.59. The highest BCUT2D eigenvalue weighted by Gasteiger charge is 2.12. The molecule has 0 saturated heterocycles. The van der Waals surface area contributed by atoms with Crippen LogP contribution >= 0.6 is 27.5 Å². The van der Waals surface area contributed by atoms with Gasteiger partial charge in [0.05, 0.1) is 17.7 Å². The molecule has 0 saturated carbocycles. The Morgan fingerprint density at radius 3 is 2.70 bits per heavy atom. The molecular weight excluding hydrogens is 349 g/mol. The van der Waals surface area contributed by atoms with Crippen LogP contribution in [0.1, 0.15) is 10.4 Å². The van der Waals surface area contributed by atoms with Crippen molar-refractivity contribution in [2.24, 2.45) is 0 Å². The Bertz CT molecular complexity index is 664. The van der Waals surface area contributed by atoms with Crippen LogP contribution in [-0.4, -0.2) is 13.0 Å². The molecule has 2 rings (SSSR count). The highest BCUT2D eigenvalue weighted by molar-refractivity contribution is 9.10. The summed E-state index contributed by atoms with van der Waals surface area (Å²) in [5.74, 6) is -0.318. The fraction of sp³-hybridized carbons (Fsp3) is 0.0714. The number of rotatable bonds is 3. The molecule has 0 aliphatic rings. The van der Waals surface area contributed by atoms with Crippen molar-refractivity contribution in [3.63, 3.8) is 0 Å². The largest absolute Gasteiger partial charge is 0.497 e. The molecule has 3 nitrogen and oxygen atoms in total. The van der Waals surface area contributed by atoms with E-state index in [-0.39, 0.29) is 10.9 Å². The molecule has 0 unspecified atom stereocenters. The highest BCUT2D eigenvalue weighted by atomic mass is 79.9. The molecule has 0 aliphatic carbocycles. The van der Waals surface area contributed by atoms with Crippen LogP contribution in [0.2, 0.25) is 5.02 Å². The van der Waals surface area contributed by atoms with Gasteiger partial charge in [0.25, 0.3) is 5.91 Å². The first-order chi connectivity index (χ1) is 9.51. The van der Waals surface area contributed by atoms with Crippen LogP contribution in [-0.2, 0) is 0 Å². The predicted octanol–water partition coefficient (Wildman–Crippen LogP) is 4.50. The average Bonchev–Trinajstić information content (AvgIpc) is 2.43. The van der Waals surface area contributed by atoms with E-state index in [0.29, 0.717) is 21.5 Å². The van der Waals surface area contributed by atoms with E-state index in [4.69, 9.17) is 16.3 Å². The first-order valence-electron chi connectivity index (χ1n) is 5.61. The molecule has 104 valence electrons. The molecule has 1 amide bonds. The van der Waals surface area contributed by atoms with Gasteiger partial charge in [0, 0.05) is 10.2 Å². The molecule has 0 atom stereocenters. The summed E-state index contributed by atoms with van der Waals surface area (Å²) in [6.45, 7) is 0. The zero-order valence-electron chi connectivity index (χ0n) is 10.4. The summed E-state index contributed by atoms with van der Waals surface area (Å²) in [6, 6.07) is 9.03. The minimum atomic E-state index is -0.535. The molecule has 0 spiro atoms. The summed E-state index contributed by atoms with van der Waals surface area (Å²) < 4.78 is 18.8. The van der Waals surface area contributed by atoms with E-state index in [0.717, 1.165) is 0 Å². The first-order valence-corrected chi connectivity index (χ1v) is 6.78. The molecule has 0 heterocycles. The second-order valence-corrected chi connectivity index (χ2v) is 5.19. The number of amides is 1. The number of hydrogen-bond acceptors (Lipinski definition) is 2. The van der Waals surface area contributed by atoms with E-state index in [2.05, 4.69) is 21.2 Å². The number of hydrogen-bond donors (Lipinski definition) is 1. The van der Waals surface area contributed by atoms with E-state index in [1.165, 1.54) is 25.3 Å². The summed E-state index contributed by atoms with van der Waals surface area (Å²) in [6.07, 6.45) is 0. The van der Waals surface area contributed by atoms with Crippen molar-refractivity contribution in [2.45, 2.75) is 0 Å². The molecule has 2 aromatic carbocycles. The van der Waals surface area contributed by atoms with Gasteiger partial charge in [-0.15, -0.1) is 0 Å². The zero-order chi connectivity index (χ0) is 14.7. The van der Waals surface area contributed by atoms with Crippen molar-refractivity contribution in [2.75, 3.05) is 12.4 Å². The van der Waals surface area contributed by atoms with Gasteiger partial charge in [0.15, 0.2) is 0 Å². The summed E-state index contributed by atoms with van der Waals surface area (Å²) in [4.78, 5) is 12.2. The molecule has 0 fully saturated rings. The van der Waals surface area contributed by atoms with Gasteiger partial charge in [0.1, 0.15) is 11.6 Å². The van der Waals surface area contributed by atoms with Gasteiger partial charge in [-0.05, 0) is 52.3 Å². The summed E-state index contributed by atoms with van der Waals surface area (Å²) in [7, 11) is 1.52. The number of halogens is 3. The second-order valence-electron chi connectivity index (χ2n) is 3.93. The molecule has 0 aliphatic heterocycles. The smallest absolute Gasteiger partial charge is 0.256 e. The molecular formula is C14H10BrClFNO2. The average molecular weight is 359 g/mol. The van der Waals surface area contributed by atoms with Crippen LogP contribution in [0.25, 0.3) is 0 Å². The van der Waals surface area contributed by atoms with Crippen molar-refractivity contribution in [3.05, 3.63) is 57.3 Å². The number of anilines is 1. The van der Waals surface area contributed by atoms with E-state index in [1.54, 1.807) is 18.2 Å². The number of ether oxygens (including phenoxy) is 1. The molecule has 0 bridgehead atoms. The quantitative estimate of drug-likeness (QED) is 0.877. The van der Waals surface area contributed by atoms with E-state index in [1.807, 2.05) is 0 Å². The number of carbonyl (C=O) groups excluding carboxylic acids is 1. The Morgan fingerprint density at radius 2 is 2.05 bits per heavy atom. The Kier molecular flexibility index (Phi) is 4.62. The van der Waals surface area contributed by atoms with Crippen LogP contribution in [0.4, 0.5) is 10.1 Å². The third kappa shape index (κ3) is 3.29. The molecule has 20 heavy (non-hydrogen) atoms. The van der Waals surface area contributed by atoms with Crippen molar-refractivity contribution in [1.82, 2.24) is 0 Å². The van der Waals surface area contributed by atoms with Crippen molar-refractivity contribution < 1.29 is 13.9 Å². The summed E-state index contributed by atoms with van der Waals surface area (Å²) >= 11 is 8.96. The van der Waals surface area contributed by atoms with Crippen LogP contribution in [0.3, 0.4) is 0 Å². The van der Waals surface area contributed by atoms with Crippen LogP contribution < -0.4 is 10.1 Å². The maximum Gasteiger partial charge on any atom is 0.256 e. The summed E-state index contributed by atoms with van der Waals surface area (Å²) in [5, 5.41) is 2.59. The fourth-order valence-electron chi connectivity index (χ4n) is 1.58. The predicted molar refractivity (Wildman–Crippen MR) is 80.1 cm³/mol. The maximum atomic E-state index is 13.1. The number of nitrogens with one attached hydrogen (secondary N) is 1. The monoisotopic (exact) mass is 357 g/mol. The van der Waals surface area contributed by atoms with Gasteiger partial charge in [-0.2, -0.15) is 0 Å². The molecule has 1 N–H and O–H groups in total. The second kappa shape index (κ2) is 6.24. The number of benzene rings is 2. The maximum absolute atomic E-state index is 13.1. The first kappa shape index (κ1) is 14.8. The van der Waals surface area contributed by atoms with Crippen molar-refractivity contribution >= 4 is 39.1 Å². The van der Waals surface area contributed by atoms with Crippen molar-refractivity contribution in [3.8, 4) is 5.75 Å². The van der Waals surface area contributed by atoms with Crippen LogP contribution in [0.5, 0.6) is 5.75 Å². The molecule has 0 radical (unpaired) electrons. The normalized spacial score (nSPS) is 10.2. The number of carbonyl (C=O) groups is 1.